The monoisotopic (exact) mass is 410 g/mol. The zero-order chi connectivity index (χ0) is 19.6. The fourth-order valence-corrected chi connectivity index (χ4v) is 6.03. The Morgan fingerprint density at radius 1 is 1.00 bits per heavy atom. The van der Waals surface area contributed by atoms with Crippen molar-refractivity contribution in [3.05, 3.63) is 48.7 Å². The van der Waals surface area contributed by atoms with Gasteiger partial charge in [-0.05, 0) is 43.2 Å². The van der Waals surface area contributed by atoms with E-state index in [2.05, 4.69) is 15.3 Å². The lowest BCUT2D eigenvalue weighted by Crippen LogP contribution is -2.35. The second-order valence-corrected chi connectivity index (χ2v) is 9.84. The molecular weight excluding hydrogens is 391 g/mol. The zero-order valence-electron chi connectivity index (χ0n) is 15.2. The van der Waals surface area contributed by atoms with Gasteiger partial charge in [0.25, 0.3) is 10.0 Å². The third-order valence-electron chi connectivity index (χ3n) is 4.57. The van der Waals surface area contributed by atoms with Crippen LogP contribution in [-0.4, -0.2) is 43.6 Å². The van der Waals surface area contributed by atoms with Crippen LogP contribution in [0.15, 0.2) is 52.9 Å². The Morgan fingerprint density at radius 3 is 2.50 bits per heavy atom. The number of anilines is 2. The van der Waals surface area contributed by atoms with Gasteiger partial charge in [-0.25, -0.2) is 18.4 Å². The number of nitrogens with zero attached hydrogens (tertiary/aromatic N) is 3. The molecule has 2 radical (unpaired) electrons. The van der Waals surface area contributed by atoms with Gasteiger partial charge in [0.1, 0.15) is 12.1 Å². The van der Waals surface area contributed by atoms with Gasteiger partial charge in [0.15, 0.2) is 0 Å². The average Bonchev–Trinajstić information content (AvgIpc) is 3.22. The quantitative estimate of drug-likeness (QED) is 0.655. The van der Waals surface area contributed by atoms with Gasteiger partial charge in [0, 0.05) is 25.0 Å². The van der Waals surface area contributed by atoms with Crippen LogP contribution in [0, 0.1) is 0 Å². The molecule has 9 heteroatoms. The fourth-order valence-electron chi connectivity index (χ4n) is 3.08. The number of thiophene rings is 1. The molecule has 1 aromatic carbocycles. The van der Waals surface area contributed by atoms with Gasteiger partial charge in [-0.15, -0.1) is 11.3 Å². The first kappa shape index (κ1) is 19.1. The Morgan fingerprint density at radius 2 is 1.75 bits per heavy atom. The average molecular weight is 410 g/mol. The van der Waals surface area contributed by atoms with Crippen molar-refractivity contribution in [1.82, 2.24) is 14.3 Å². The molecule has 0 bridgehead atoms. The van der Waals surface area contributed by atoms with Crippen LogP contribution in [0.5, 0.6) is 0 Å². The van der Waals surface area contributed by atoms with E-state index in [1.807, 2.05) is 12.1 Å². The van der Waals surface area contributed by atoms with Crippen LogP contribution in [0.1, 0.15) is 19.3 Å². The summed E-state index contributed by atoms with van der Waals surface area (Å²) in [7, 11) is 2.27. The molecule has 0 saturated carbocycles. The maximum atomic E-state index is 12.8. The number of sulfonamides is 1. The maximum Gasteiger partial charge on any atom is 0.252 e. The Balaban J connectivity index is 1.56. The molecule has 0 atom stereocenters. The minimum Gasteiger partial charge on any atom is -0.324 e. The van der Waals surface area contributed by atoms with E-state index in [1.165, 1.54) is 11.3 Å². The van der Waals surface area contributed by atoms with E-state index >= 15 is 0 Å². The lowest BCUT2D eigenvalue weighted by atomic mass is 9.96. The highest BCUT2D eigenvalue weighted by Gasteiger charge is 2.27. The zero-order valence-corrected chi connectivity index (χ0v) is 16.8. The molecule has 3 heterocycles. The number of hydrogen-bond donors (Lipinski definition) is 1. The Kier molecular flexibility index (Phi) is 5.48. The first-order valence-electron chi connectivity index (χ1n) is 9.08. The van der Waals surface area contributed by atoms with Crippen molar-refractivity contribution >= 4 is 46.3 Å². The number of aromatic nitrogens is 2. The molecular formula is C19H19BN4O2S2. The minimum atomic E-state index is -3.43. The first-order valence-corrected chi connectivity index (χ1v) is 11.3. The van der Waals surface area contributed by atoms with Crippen LogP contribution in [0.25, 0.3) is 10.6 Å². The van der Waals surface area contributed by atoms with Gasteiger partial charge >= 0.3 is 0 Å². The largest absolute Gasteiger partial charge is 0.324 e. The Bertz CT molecular complexity index is 1060. The summed E-state index contributed by atoms with van der Waals surface area (Å²) in [6, 6.07) is 12.5. The maximum absolute atomic E-state index is 12.8. The molecule has 1 saturated heterocycles. The molecule has 1 fully saturated rings. The summed E-state index contributed by atoms with van der Waals surface area (Å²) in [5.41, 5.74) is 2.19. The van der Waals surface area contributed by atoms with Crippen molar-refractivity contribution in [3.63, 3.8) is 0 Å². The molecule has 0 amide bonds. The number of hydrogen-bond acceptors (Lipinski definition) is 6. The third-order valence-corrected chi connectivity index (χ3v) is 8.04. The summed E-state index contributed by atoms with van der Waals surface area (Å²) in [6.45, 7) is 1.19. The third kappa shape index (κ3) is 4.11. The van der Waals surface area contributed by atoms with Crippen molar-refractivity contribution in [3.8, 4) is 10.6 Å². The van der Waals surface area contributed by atoms with E-state index < -0.39 is 10.0 Å². The van der Waals surface area contributed by atoms with E-state index in [0.29, 0.717) is 34.4 Å². The normalized spacial score (nSPS) is 15.4. The molecule has 0 spiro atoms. The second-order valence-electron chi connectivity index (χ2n) is 6.60. The molecule has 6 nitrogen and oxygen atoms in total. The van der Waals surface area contributed by atoms with Gasteiger partial charge in [0.2, 0.25) is 5.95 Å². The standard InChI is InChI=1S/C19H19BN4O2S2/c20-14-4-6-15(7-5-14)22-19-21-11-10-16(23-19)17-8-9-18(27-17)28(25,26)24-12-2-1-3-13-24/h4-11H,1-3,12-13H2,(H,21,22,23). The van der Waals surface area contributed by atoms with Gasteiger partial charge in [-0.3, -0.25) is 0 Å². The second kappa shape index (κ2) is 8.02. The van der Waals surface area contributed by atoms with Gasteiger partial charge in [-0.2, -0.15) is 4.31 Å². The van der Waals surface area contributed by atoms with E-state index in [-0.39, 0.29) is 0 Å². The Hall–Kier alpha value is -2.23. The lowest BCUT2D eigenvalue weighted by Gasteiger charge is -2.25. The predicted molar refractivity (Wildman–Crippen MR) is 113 cm³/mol. The number of piperidine rings is 1. The topological polar surface area (TPSA) is 75.2 Å². The van der Waals surface area contributed by atoms with Gasteiger partial charge in [0.05, 0.1) is 10.6 Å². The van der Waals surface area contributed by atoms with Crippen LogP contribution < -0.4 is 10.8 Å². The summed E-state index contributed by atoms with van der Waals surface area (Å²) in [4.78, 5) is 9.54. The van der Waals surface area contributed by atoms with Crippen molar-refractivity contribution in [2.24, 2.45) is 0 Å². The summed E-state index contributed by atoms with van der Waals surface area (Å²) in [5.74, 6) is 0.441. The molecule has 3 aromatic rings. The van der Waals surface area contributed by atoms with Crippen LogP contribution >= 0.6 is 11.3 Å². The summed E-state index contributed by atoms with van der Waals surface area (Å²) >= 11 is 1.24. The van der Waals surface area contributed by atoms with Crippen LogP contribution in [0.4, 0.5) is 11.6 Å². The van der Waals surface area contributed by atoms with E-state index in [1.54, 1.807) is 40.8 Å². The molecule has 4 rings (SSSR count). The highest BCUT2D eigenvalue weighted by molar-refractivity contribution is 7.91. The Labute approximate surface area is 170 Å². The van der Waals surface area contributed by atoms with Gasteiger partial charge in [-0.1, -0.05) is 24.0 Å². The lowest BCUT2D eigenvalue weighted by molar-refractivity contribution is 0.347. The summed E-state index contributed by atoms with van der Waals surface area (Å²) < 4.78 is 27.6. The molecule has 1 aliphatic rings. The van der Waals surface area contributed by atoms with Crippen LogP contribution in [0.2, 0.25) is 0 Å². The fraction of sp³-hybridized carbons (Fsp3) is 0.263. The van der Waals surface area contributed by atoms with Crippen molar-refractivity contribution in [2.45, 2.75) is 23.5 Å². The molecule has 0 unspecified atom stereocenters. The summed E-state index contributed by atoms with van der Waals surface area (Å²) in [5, 5.41) is 3.13. The number of benzene rings is 1. The number of nitrogens with one attached hydrogen (secondary N) is 1. The van der Waals surface area contributed by atoms with Crippen LogP contribution in [-0.2, 0) is 10.0 Å². The van der Waals surface area contributed by atoms with E-state index in [0.717, 1.165) is 29.8 Å². The van der Waals surface area contributed by atoms with Crippen molar-refractivity contribution in [2.75, 3.05) is 18.4 Å². The molecule has 2 aromatic heterocycles. The SMILES string of the molecule is [B]c1ccc(Nc2nccc(-c3ccc(S(=O)(=O)N4CCCCC4)s3)n2)cc1. The smallest absolute Gasteiger partial charge is 0.252 e. The molecule has 1 N–H and O–H groups in total. The van der Waals surface area contributed by atoms with Crippen LogP contribution in [0.3, 0.4) is 0 Å². The van der Waals surface area contributed by atoms with Gasteiger partial charge < -0.3 is 5.32 Å². The molecule has 28 heavy (non-hydrogen) atoms. The summed E-state index contributed by atoms with van der Waals surface area (Å²) in [6.07, 6.45) is 4.58. The predicted octanol–water partition coefficient (Wildman–Crippen LogP) is 2.92. The minimum absolute atomic E-state index is 0.357. The first-order chi connectivity index (χ1) is 13.5. The van der Waals surface area contributed by atoms with E-state index in [9.17, 15) is 8.42 Å². The molecule has 0 aliphatic carbocycles. The highest BCUT2D eigenvalue weighted by Crippen LogP contribution is 2.32. The molecule has 1 aliphatic heterocycles. The van der Waals surface area contributed by atoms with Crippen molar-refractivity contribution in [1.29, 1.82) is 0 Å². The van der Waals surface area contributed by atoms with Crippen molar-refractivity contribution < 1.29 is 8.42 Å². The van der Waals surface area contributed by atoms with E-state index in [4.69, 9.17) is 7.85 Å². The highest BCUT2D eigenvalue weighted by atomic mass is 32.2. The molecule has 142 valence electrons. The number of rotatable bonds is 5.